The molecule has 0 radical (unpaired) electrons. The number of nitrogens with zero attached hydrogens (tertiary/aromatic N) is 2. The monoisotopic (exact) mass is 355 g/mol. The first kappa shape index (κ1) is 17.1. The zero-order valence-corrected chi connectivity index (χ0v) is 15.1. The van der Waals surface area contributed by atoms with Crippen LogP contribution in [0.25, 0.3) is 0 Å². The van der Waals surface area contributed by atoms with E-state index in [-0.39, 0.29) is 24.3 Å². The van der Waals surface area contributed by atoms with Gasteiger partial charge in [-0.2, -0.15) is 4.98 Å². The predicted molar refractivity (Wildman–Crippen MR) is 95.4 cm³/mol. The van der Waals surface area contributed by atoms with Crippen LogP contribution in [0.15, 0.2) is 34.9 Å². The van der Waals surface area contributed by atoms with Gasteiger partial charge in [0.1, 0.15) is 5.75 Å². The van der Waals surface area contributed by atoms with Crippen LogP contribution in [0.1, 0.15) is 50.2 Å². The minimum atomic E-state index is -0.0383. The van der Waals surface area contributed by atoms with E-state index in [4.69, 9.17) is 9.26 Å². The molecule has 2 aromatic rings. The van der Waals surface area contributed by atoms with Gasteiger partial charge in [0.2, 0.25) is 17.6 Å². The molecule has 4 atom stereocenters. The SMILES string of the molecule is CCCNC(=O)[C@H]1[C@H]2CC[C@H](C2)[C@@H]1c1nc(COc2ccccc2)no1. The Morgan fingerprint density at radius 2 is 2.08 bits per heavy atom. The van der Waals surface area contributed by atoms with Gasteiger partial charge in [-0.3, -0.25) is 4.79 Å². The molecule has 1 amide bonds. The second-order valence-corrected chi connectivity index (χ2v) is 7.33. The molecule has 6 nitrogen and oxygen atoms in total. The lowest BCUT2D eigenvalue weighted by atomic mass is 9.78. The van der Waals surface area contributed by atoms with Gasteiger partial charge in [0.15, 0.2) is 6.61 Å². The van der Waals surface area contributed by atoms with Crippen molar-refractivity contribution in [3.63, 3.8) is 0 Å². The zero-order valence-electron chi connectivity index (χ0n) is 15.1. The fourth-order valence-electron chi connectivity index (χ4n) is 4.52. The van der Waals surface area contributed by atoms with E-state index in [0.29, 0.717) is 23.6 Å². The molecule has 2 aliphatic carbocycles. The predicted octanol–water partition coefficient (Wildman–Crippen LogP) is 3.30. The second-order valence-electron chi connectivity index (χ2n) is 7.33. The van der Waals surface area contributed by atoms with Crippen molar-refractivity contribution in [2.75, 3.05) is 6.54 Å². The smallest absolute Gasteiger partial charge is 0.230 e. The Bertz CT molecular complexity index is 746. The Morgan fingerprint density at radius 3 is 2.88 bits per heavy atom. The summed E-state index contributed by atoms with van der Waals surface area (Å²) < 4.78 is 11.2. The molecule has 1 aromatic carbocycles. The van der Waals surface area contributed by atoms with E-state index in [2.05, 4.69) is 22.4 Å². The van der Waals surface area contributed by atoms with Crippen molar-refractivity contribution in [1.29, 1.82) is 0 Å². The molecule has 1 aromatic heterocycles. The summed E-state index contributed by atoms with van der Waals surface area (Å²) in [5, 5.41) is 7.13. The van der Waals surface area contributed by atoms with Gasteiger partial charge < -0.3 is 14.6 Å². The van der Waals surface area contributed by atoms with E-state index < -0.39 is 0 Å². The van der Waals surface area contributed by atoms with E-state index in [1.807, 2.05) is 30.3 Å². The number of hydrogen-bond donors (Lipinski definition) is 1. The van der Waals surface area contributed by atoms with Gasteiger partial charge in [0.25, 0.3) is 0 Å². The topological polar surface area (TPSA) is 77.2 Å². The standard InChI is InChI=1S/C20H25N3O3/c1-2-10-21-19(24)17-13-8-9-14(11-13)18(17)20-22-16(23-26-20)12-25-15-6-4-3-5-7-15/h3-7,13-14,17-18H,2,8-12H2,1H3,(H,21,24)/t13-,14+,17-,18-/m0/s1. The largest absolute Gasteiger partial charge is 0.485 e. The molecule has 0 spiro atoms. The van der Waals surface area contributed by atoms with Gasteiger partial charge >= 0.3 is 0 Å². The average Bonchev–Trinajstić information content (AvgIpc) is 3.40. The summed E-state index contributed by atoms with van der Waals surface area (Å²) in [6.45, 7) is 3.05. The number of carbonyl (C=O) groups excluding carboxylic acids is 1. The van der Waals surface area contributed by atoms with Crippen LogP contribution in [0.3, 0.4) is 0 Å². The number of hydrogen-bond acceptors (Lipinski definition) is 5. The molecule has 2 fully saturated rings. The Balaban J connectivity index is 1.46. The third kappa shape index (κ3) is 3.32. The molecule has 1 heterocycles. The highest BCUT2D eigenvalue weighted by Crippen LogP contribution is 2.56. The molecule has 0 unspecified atom stereocenters. The molecule has 2 bridgehead atoms. The number of nitrogens with one attached hydrogen (secondary N) is 1. The summed E-state index contributed by atoms with van der Waals surface area (Å²) in [6.07, 6.45) is 4.31. The minimum Gasteiger partial charge on any atom is -0.485 e. The van der Waals surface area contributed by atoms with Gasteiger partial charge in [-0.15, -0.1) is 0 Å². The molecular formula is C20H25N3O3. The van der Waals surface area contributed by atoms with Crippen LogP contribution in [0.5, 0.6) is 5.75 Å². The first-order chi connectivity index (χ1) is 12.8. The normalized spacial score (nSPS) is 26.8. The molecule has 1 N–H and O–H groups in total. The highest BCUT2D eigenvalue weighted by molar-refractivity contribution is 5.80. The van der Waals surface area contributed by atoms with Crippen molar-refractivity contribution in [3.05, 3.63) is 42.0 Å². The Labute approximate surface area is 153 Å². The summed E-state index contributed by atoms with van der Waals surface area (Å²) in [7, 11) is 0. The van der Waals surface area contributed by atoms with E-state index >= 15 is 0 Å². The second kappa shape index (κ2) is 7.48. The van der Waals surface area contributed by atoms with Crippen LogP contribution in [0.2, 0.25) is 0 Å². The van der Waals surface area contributed by atoms with E-state index in [1.165, 1.54) is 0 Å². The Kier molecular flexibility index (Phi) is 4.91. The molecule has 4 rings (SSSR count). The molecule has 26 heavy (non-hydrogen) atoms. The number of ether oxygens (including phenoxy) is 1. The number of carbonyl (C=O) groups is 1. The van der Waals surface area contributed by atoms with Crippen LogP contribution < -0.4 is 10.1 Å². The molecule has 138 valence electrons. The summed E-state index contributed by atoms with van der Waals surface area (Å²) in [6, 6.07) is 9.58. The van der Waals surface area contributed by atoms with Crippen LogP contribution >= 0.6 is 0 Å². The van der Waals surface area contributed by atoms with Crippen LogP contribution in [-0.4, -0.2) is 22.6 Å². The lowest BCUT2D eigenvalue weighted by molar-refractivity contribution is -0.127. The van der Waals surface area contributed by atoms with Gasteiger partial charge in [0.05, 0.1) is 11.8 Å². The fraction of sp³-hybridized carbons (Fsp3) is 0.550. The maximum Gasteiger partial charge on any atom is 0.230 e. The van der Waals surface area contributed by atoms with Crippen LogP contribution in [0.4, 0.5) is 0 Å². The zero-order chi connectivity index (χ0) is 17.9. The number of fused-ring (bicyclic) bond motifs is 2. The van der Waals surface area contributed by atoms with Crippen LogP contribution in [-0.2, 0) is 11.4 Å². The quantitative estimate of drug-likeness (QED) is 0.824. The third-order valence-corrected chi connectivity index (χ3v) is 5.65. The summed E-state index contributed by atoms with van der Waals surface area (Å²) in [4.78, 5) is 17.2. The summed E-state index contributed by atoms with van der Waals surface area (Å²) in [5.41, 5.74) is 0. The minimum absolute atomic E-state index is 0.0383. The van der Waals surface area contributed by atoms with Gasteiger partial charge in [0, 0.05) is 6.54 Å². The summed E-state index contributed by atoms with van der Waals surface area (Å²) >= 11 is 0. The fourth-order valence-corrected chi connectivity index (χ4v) is 4.52. The van der Waals surface area contributed by atoms with Crippen molar-refractivity contribution in [3.8, 4) is 5.75 Å². The van der Waals surface area contributed by atoms with Crippen molar-refractivity contribution in [2.24, 2.45) is 17.8 Å². The number of rotatable bonds is 7. The van der Waals surface area contributed by atoms with Gasteiger partial charge in [-0.05, 0) is 49.7 Å². The third-order valence-electron chi connectivity index (χ3n) is 5.65. The van der Waals surface area contributed by atoms with Gasteiger partial charge in [-0.1, -0.05) is 30.3 Å². The molecule has 2 saturated carbocycles. The maximum atomic E-state index is 12.7. The Hall–Kier alpha value is -2.37. The first-order valence-corrected chi connectivity index (χ1v) is 9.54. The lowest BCUT2D eigenvalue weighted by Crippen LogP contribution is -2.37. The maximum absolute atomic E-state index is 12.7. The highest BCUT2D eigenvalue weighted by Gasteiger charge is 2.53. The van der Waals surface area contributed by atoms with E-state index in [0.717, 1.165) is 38.0 Å². The number of benzene rings is 1. The van der Waals surface area contributed by atoms with E-state index in [1.54, 1.807) is 0 Å². The molecule has 0 aliphatic heterocycles. The molecule has 0 saturated heterocycles. The highest BCUT2D eigenvalue weighted by atomic mass is 16.5. The summed E-state index contributed by atoms with van der Waals surface area (Å²) in [5.74, 6) is 2.96. The van der Waals surface area contributed by atoms with Crippen molar-refractivity contribution >= 4 is 5.91 Å². The van der Waals surface area contributed by atoms with Crippen molar-refractivity contribution < 1.29 is 14.1 Å². The van der Waals surface area contributed by atoms with Crippen molar-refractivity contribution in [2.45, 2.75) is 45.1 Å². The molecular weight excluding hydrogens is 330 g/mol. The van der Waals surface area contributed by atoms with Crippen molar-refractivity contribution in [1.82, 2.24) is 15.5 Å². The number of para-hydroxylation sites is 1. The molecule has 2 aliphatic rings. The first-order valence-electron chi connectivity index (χ1n) is 9.54. The molecule has 6 heteroatoms. The van der Waals surface area contributed by atoms with Crippen LogP contribution in [0, 0.1) is 17.8 Å². The van der Waals surface area contributed by atoms with E-state index in [9.17, 15) is 4.79 Å². The lowest BCUT2D eigenvalue weighted by Gasteiger charge is -2.27. The van der Waals surface area contributed by atoms with Gasteiger partial charge in [-0.25, -0.2) is 0 Å². The number of amides is 1. The average molecular weight is 355 g/mol. The number of aromatic nitrogens is 2. The Morgan fingerprint density at radius 1 is 1.27 bits per heavy atom.